The fraction of sp³-hybridized carbons (Fsp3) is 0.375. The topological polar surface area (TPSA) is 6.48 Å². The lowest BCUT2D eigenvalue weighted by Crippen LogP contribution is -2.45. The van der Waals surface area contributed by atoms with Crippen molar-refractivity contribution in [3.8, 4) is 0 Å². The summed E-state index contributed by atoms with van der Waals surface area (Å²) in [5.41, 5.74) is 1.16. The van der Waals surface area contributed by atoms with Crippen molar-refractivity contribution in [2.24, 2.45) is 0 Å². The highest BCUT2D eigenvalue weighted by atomic mass is 79.9. The zero-order valence-electron chi connectivity index (χ0n) is 11.8. The zero-order valence-corrected chi connectivity index (χ0v) is 14.2. The lowest BCUT2D eigenvalue weighted by Gasteiger charge is -2.34. The second-order valence-electron chi connectivity index (χ2n) is 5.37. The lowest BCUT2D eigenvalue weighted by atomic mass is 10.2. The summed E-state index contributed by atoms with van der Waals surface area (Å²) >= 11 is 5.28. The van der Waals surface area contributed by atoms with E-state index in [4.69, 9.17) is 0 Å². The minimum atomic E-state index is -0.189. The van der Waals surface area contributed by atoms with Crippen LogP contribution in [-0.2, 0) is 13.1 Å². The van der Waals surface area contributed by atoms with Crippen molar-refractivity contribution in [1.29, 1.82) is 0 Å². The van der Waals surface area contributed by atoms with Gasteiger partial charge in [0.1, 0.15) is 5.82 Å². The Hall–Kier alpha value is -0.750. The highest BCUT2D eigenvalue weighted by Crippen LogP contribution is 2.21. The van der Waals surface area contributed by atoms with E-state index < -0.39 is 0 Å². The van der Waals surface area contributed by atoms with Gasteiger partial charge in [0, 0.05) is 48.6 Å². The van der Waals surface area contributed by atoms with Gasteiger partial charge in [-0.25, -0.2) is 4.39 Å². The van der Waals surface area contributed by atoms with E-state index in [1.54, 1.807) is 6.07 Å². The summed E-state index contributed by atoms with van der Waals surface area (Å²) < 4.78 is 14.0. The van der Waals surface area contributed by atoms with Gasteiger partial charge in [-0.15, -0.1) is 11.3 Å². The largest absolute Gasteiger partial charge is 0.297 e. The number of rotatable bonds is 4. The highest BCUT2D eigenvalue weighted by Gasteiger charge is 2.18. The number of piperazine rings is 1. The van der Waals surface area contributed by atoms with E-state index in [9.17, 15) is 4.39 Å². The third kappa shape index (κ3) is 4.13. The van der Waals surface area contributed by atoms with Crippen molar-refractivity contribution in [2.75, 3.05) is 26.2 Å². The van der Waals surface area contributed by atoms with Crippen LogP contribution in [0.25, 0.3) is 0 Å². The first-order chi connectivity index (χ1) is 10.2. The zero-order chi connectivity index (χ0) is 14.7. The first-order valence-electron chi connectivity index (χ1n) is 7.12. The Morgan fingerprint density at radius 2 is 1.76 bits per heavy atom. The molecule has 5 heteroatoms. The van der Waals surface area contributed by atoms with Crippen LogP contribution in [0, 0.1) is 5.82 Å². The van der Waals surface area contributed by atoms with E-state index in [0.717, 1.165) is 49.3 Å². The molecular formula is C16H18BrFN2S. The molecule has 2 nitrogen and oxygen atoms in total. The van der Waals surface area contributed by atoms with Gasteiger partial charge < -0.3 is 0 Å². The highest BCUT2D eigenvalue weighted by molar-refractivity contribution is 9.10. The molecule has 0 atom stereocenters. The molecule has 1 aromatic carbocycles. The summed E-state index contributed by atoms with van der Waals surface area (Å²) in [6, 6.07) is 9.27. The molecule has 1 saturated heterocycles. The maximum atomic E-state index is 13.1. The molecule has 0 unspecified atom stereocenters. The van der Waals surface area contributed by atoms with Crippen LogP contribution in [0.15, 0.2) is 40.2 Å². The minimum absolute atomic E-state index is 0.189. The molecule has 1 aliphatic heterocycles. The normalized spacial score (nSPS) is 17.2. The molecule has 0 amide bonds. The van der Waals surface area contributed by atoms with Gasteiger partial charge >= 0.3 is 0 Å². The maximum absolute atomic E-state index is 13.1. The van der Waals surface area contributed by atoms with Gasteiger partial charge in [-0.1, -0.05) is 28.1 Å². The van der Waals surface area contributed by atoms with Gasteiger partial charge in [0.05, 0.1) is 0 Å². The van der Waals surface area contributed by atoms with Gasteiger partial charge in [0.15, 0.2) is 0 Å². The van der Waals surface area contributed by atoms with Crippen molar-refractivity contribution in [3.63, 3.8) is 0 Å². The van der Waals surface area contributed by atoms with Crippen LogP contribution in [0.3, 0.4) is 0 Å². The molecule has 0 saturated carbocycles. The summed E-state index contributed by atoms with van der Waals surface area (Å²) in [5, 5.41) is 2.14. The minimum Gasteiger partial charge on any atom is -0.297 e. The van der Waals surface area contributed by atoms with Crippen molar-refractivity contribution >= 4 is 27.3 Å². The predicted molar refractivity (Wildman–Crippen MR) is 89.0 cm³/mol. The van der Waals surface area contributed by atoms with Gasteiger partial charge in [0.25, 0.3) is 0 Å². The van der Waals surface area contributed by atoms with Crippen LogP contribution in [0.1, 0.15) is 10.4 Å². The standard InChI is InChI=1S/C16H18BrFN2S/c17-16-10-14(18)4-3-13(16)11-19-5-7-20(8-6-19)12-15-2-1-9-21-15/h1-4,9-10H,5-8,11-12H2. The quantitative estimate of drug-likeness (QED) is 0.805. The smallest absolute Gasteiger partial charge is 0.124 e. The van der Waals surface area contributed by atoms with Crippen LogP contribution in [0.5, 0.6) is 0 Å². The third-order valence-corrected chi connectivity index (χ3v) is 5.43. The van der Waals surface area contributed by atoms with Crippen molar-refractivity contribution in [3.05, 3.63) is 56.4 Å². The van der Waals surface area contributed by atoms with E-state index in [0.29, 0.717) is 0 Å². The van der Waals surface area contributed by atoms with Crippen molar-refractivity contribution in [1.82, 2.24) is 9.80 Å². The SMILES string of the molecule is Fc1ccc(CN2CCN(Cc3cccs3)CC2)c(Br)c1. The summed E-state index contributed by atoms with van der Waals surface area (Å²) in [6.07, 6.45) is 0. The molecule has 0 N–H and O–H groups in total. The molecule has 3 rings (SSSR count). The van der Waals surface area contributed by atoms with Crippen molar-refractivity contribution < 1.29 is 4.39 Å². The maximum Gasteiger partial charge on any atom is 0.124 e. The number of hydrogen-bond acceptors (Lipinski definition) is 3. The van der Waals surface area contributed by atoms with Gasteiger partial charge in [-0.05, 0) is 29.1 Å². The molecule has 0 aliphatic carbocycles. The molecule has 1 aromatic heterocycles. The summed E-state index contributed by atoms with van der Waals surface area (Å²) in [5.74, 6) is -0.189. The fourth-order valence-electron chi connectivity index (χ4n) is 2.62. The first-order valence-corrected chi connectivity index (χ1v) is 8.79. The lowest BCUT2D eigenvalue weighted by molar-refractivity contribution is 0.122. The number of halogens is 2. The van der Waals surface area contributed by atoms with Gasteiger partial charge in [-0.2, -0.15) is 0 Å². The van der Waals surface area contributed by atoms with Crippen LogP contribution < -0.4 is 0 Å². The molecular weight excluding hydrogens is 351 g/mol. The Balaban J connectivity index is 1.51. The molecule has 21 heavy (non-hydrogen) atoms. The molecule has 1 aliphatic rings. The van der Waals surface area contributed by atoms with E-state index in [1.807, 2.05) is 17.4 Å². The van der Waals surface area contributed by atoms with E-state index >= 15 is 0 Å². The molecule has 0 radical (unpaired) electrons. The van der Waals surface area contributed by atoms with Crippen LogP contribution in [0.4, 0.5) is 4.39 Å². The Morgan fingerprint density at radius 3 is 2.38 bits per heavy atom. The molecule has 0 bridgehead atoms. The number of nitrogens with zero attached hydrogens (tertiary/aromatic N) is 2. The molecule has 0 spiro atoms. The number of benzene rings is 1. The van der Waals surface area contributed by atoms with Gasteiger partial charge in [0.2, 0.25) is 0 Å². The summed E-state index contributed by atoms with van der Waals surface area (Å²) in [4.78, 5) is 6.37. The average Bonchev–Trinajstić information content (AvgIpc) is 2.97. The number of hydrogen-bond donors (Lipinski definition) is 0. The molecule has 2 heterocycles. The molecule has 2 aromatic rings. The molecule has 1 fully saturated rings. The summed E-state index contributed by atoms with van der Waals surface area (Å²) in [7, 11) is 0. The van der Waals surface area contributed by atoms with Gasteiger partial charge in [-0.3, -0.25) is 9.80 Å². The Morgan fingerprint density at radius 1 is 1.05 bits per heavy atom. The van der Waals surface area contributed by atoms with E-state index in [1.165, 1.54) is 10.9 Å². The predicted octanol–water partition coefficient (Wildman–Crippen LogP) is 3.97. The molecule has 112 valence electrons. The van der Waals surface area contributed by atoms with E-state index in [-0.39, 0.29) is 5.82 Å². The number of thiophene rings is 1. The van der Waals surface area contributed by atoms with Crippen molar-refractivity contribution in [2.45, 2.75) is 13.1 Å². The monoisotopic (exact) mass is 368 g/mol. The second kappa shape index (κ2) is 7.01. The Labute approximate surface area is 137 Å². The first kappa shape index (κ1) is 15.2. The Bertz CT molecular complexity index is 580. The van der Waals surface area contributed by atoms with Crippen LogP contribution >= 0.6 is 27.3 Å². The van der Waals surface area contributed by atoms with Crippen LogP contribution in [-0.4, -0.2) is 36.0 Å². The average molecular weight is 369 g/mol. The van der Waals surface area contributed by atoms with E-state index in [2.05, 4.69) is 43.2 Å². The summed E-state index contributed by atoms with van der Waals surface area (Å²) in [6.45, 7) is 6.26. The third-order valence-electron chi connectivity index (χ3n) is 3.83. The second-order valence-corrected chi connectivity index (χ2v) is 7.25. The van der Waals surface area contributed by atoms with Crippen LogP contribution in [0.2, 0.25) is 0 Å². The fourth-order valence-corrected chi connectivity index (χ4v) is 3.84. The Kier molecular flexibility index (Phi) is 5.06.